The van der Waals surface area contributed by atoms with Gasteiger partial charge < -0.3 is 9.15 Å². The standard InChI is InChI=1S/C18H19N3O5S2/c1-18(27-7-8-28-18)10-17(22)20-19-11-13-4-6-16(26-13)14-5-3-12(25-2)9-15(14)21(23)24/h3-6,9,11H,7-8,10H2,1-2H3,(H,20,22)/b19-11-. The van der Waals surface area contributed by atoms with Crippen LogP contribution in [0.25, 0.3) is 11.3 Å². The predicted molar refractivity (Wildman–Crippen MR) is 111 cm³/mol. The number of carbonyl (C=O) groups excluding carboxylic acids is 1. The van der Waals surface area contributed by atoms with Gasteiger partial charge in [0.25, 0.3) is 5.69 Å². The quantitative estimate of drug-likeness (QED) is 0.410. The van der Waals surface area contributed by atoms with Crippen LogP contribution in [0.3, 0.4) is 0 Å². The Morgan fingerprint density at radius 2 is 2.14 bits per heavy atom. The number of nitrogens with zero attached hydrogens (tertiary/aromatic N) is 2. The summed E-state index contributed by atoms with van der Waals surface area (Å²) >= 11 is 3.56. The zero-order valence-corrected chi connectivity index (χ0v) is 17.0. The van der Waals surface area contributed by atoms with Crippen LogP contribution in [0.2, 0.25) is 0 Å². The van der Waals surface area contributed by atoms with E-state index in [9.17, 15) is 14.9 Å². The van der Waals surface area contributed by atoms with E-state index in [4.69, 9.17) is 9.15 Å². The van der Waals surface area contributed by atoms with E-state index in [1.54, 1.807) is 47.8 Å². The molecule has 2 aromatic rings. The van der Waals surface area contributed by atoms with Crippen LogP contribution in [0.5, 0.6) is 5.75 Å². The smallest absolute Gasteiger partial charge is 0.284 e. The van der Waals surface area contributed by atoms with Crippen LogP contribution in [-0.2, 0) is 4.79 Å². The monoisotopic (exact) mass is 421 g/mol. The Balaban J connectivity index is 1.66. The van der Waals surface area contributed by atoms with Crippen LogP contribution in [-0.4, -0.2) is 39.7 Å². The van der Waals surface area contributed by atoms with Crippen LogP contribution >= 0.6 is 23.5 Å². The number of nitrogens with one attached hydrogen (secondary N) is 1. The first-order valence-corrected chi connectivity index (χ1v) is 10.4. The molecular weight excluding hydrogens is 402 g/mol. The van der Waals surface area contributed by atoms with Gasteiger partial charge in [-0.1, -0.05) is 0 Å². The van der Waals surface area contributed by atoms with E-state index in [1.807, 2.05) is 0 Å². The number of nitro benzene ring substituents is 1. The number of carbonyl (C=O) groups is 1. The van der Waals surface area contributed by atoms with Gasteiger partial charge in [-0.2, -0.15) is 5.10 Å². The number of benzene rings is 1. The number of methoxy groups -OCH3 is 1. The third kappa shape index (κ3) is 4.87. The summed E-state index contributed by atoms with van der Waals surface area (Å²) < 4.78 is 10.5. The van der Waals surface area contributed by atoms with E-state index in [2.05, 4.69) is 17.5 Å². The molecule has 28 heavy (non-hydrogen) atoms. The van der Waals surface area contributed by atoms with E-state index < -0.39 is 4.92 Å². The lowest BCUT2D eigenvalue weighted by molar-refractivity contribution is -0.384. The molecule has 0 bridgehead atoms. The van der Waals surface area contributed by atoms with Gasteiger partial charge in [-0.25, -0.2) is 5.43 Å². The summed E-state index contributed by atoms with van der Waals surface area (Å²) in [6, 6.07) is 7.77. The number of thioether (sulfide) groups is 2. The summed E-state index contributed by atoms with van der Waals surface area (Å²) in [5, 5.41) is 15.2. The summed E-state index contributed by atoms with van der Waals surface area (Å²) in [7, 11) is 1.44. The van der Waals surface area contributed by atoms with E-state index in [0.29, 0.717) is 29.3 Å². The van der Waals surface area contributed by atoms with Crippen molar-refractivity contribution in [3.8, 4) is 17.1 Å². The van der Waals surface area contributed by atoms with Gasteiger partial charge in [0, 0.05) is 11.5 Å². The number of nitro groups is 1. The lowest BCUT2D eigenvalue weighted by atomic mass is 10.1. The number of hydrogen-bond donors (Lipinski definition) is 1. The van der Waals surface area contributed by atoms with Gasteiger partial charge in [-0.05, 0) is 31.2 Å². The van der Waals surface area contributed by atoms with Gasteiger partial charge in [0.1, 0.15) is 17.3 Å². The van der Waals surface area contributed by atoms with E-state index in [-0.39, 0.29) is 15.7 Å². The van der Waals surface area contributed by atoms with Crippen LogP contribution in [0.1, 0.15) is 19.1 Å². The summed E-state index contributed by atoms with van der Waals surface area (Å²) in [6.07, 6.45) is 1.75. The van der Waals surface area contributed by atoms with Crippen molar-refractivity contribution >= 4 is 41.3 Å². The van der Waals surface area contributed by atoms with Crippen molar-refractivity contribution in [1.82, 2.24) is 5.43 Å². The highest BCUT2D eigenvalue weighted by molar-refractivity contribution is 8.21. The first-order chi connectivity index (χ1) is 13.4. The molecule has 1 aliphatic rings. The molecule has 1 aromatic carbocycles. The molecule has 0 radical (unpaired) electrons. The Kier molecular flexibility index (Phi) is 6.30. The Hall–Kier alpha value is -2.46. The second-order valence-electron chi connectivity index (χ2n) is 6.14. The Morgan fingerprint density at radius 3 is 2.82 bits per heavy atom. The Bertz CT molecular complexity index is 906. The van der Waals surface area contributed by atoms with Gasteiger partial charge in [0.2, 0.25) is 5.91 Å². The maximum Gasteiger partial charge on any atom is 0.284 e. The minimum atomic E-state index is -0.492. The number of ether oxygens (including phenoxy) is 1. The average molecular weight is 422 g/mol. The molecule has 1 aliphatic heterocycles. The molecule has 8 nitrogen and oxygen atoms in total. The first-order valence-electron chi connectivity index (χ1n) is 8.43. The largest absolute Gasteiger partial charge is 0.497 e. The lowest BCUT2D eigenvalue weighted by Gasteiger charge is -2.19. The van der Waals surface area contributed by atoms with Crippen LogP contribution in [0.15, 0.2) is 39.9 Å². The maximum absolute atomic E-state index is 12.0. The van der Waals surface area contributed by atoms with Crippen LogP contribution in [0, 0.1) is 10.1 Å². The molecule has 2 heterocycles. The molecule has 0 saturated carbocycles. The van der Waals surface area contributed by atoms with Crippen molar-refractivity contribution in [1.29, 1.82) is 0 Å². The molecular formula is C18H19N3O5S2. The van der Waals surface area contributed by atoms with Gasteiger partial charge in [-0.3, -0.25) is 14.9 Å². The molecule has 0 atom stereocenters. The topological polar surface area (TPSA) is 107 Å². The Morgan fingerprint density at radius 1 is 1.39 bits per heavy atom. The van der Waals surface area contributed by atoms with Gasteiger partial charge >= 0.3 is 0 Å². The summed E-state index contributed by atoms with van der Waals surface area (Å²) in [5.41, 5.74) is 2.71. The third-order valence-electron chi connectivity index (χ3n) is 4.05. The summed E-state index contributed by atoms with van der Waals surface area (Å²) in [4.78, 5) is 22.9. The molecule has 10 heteroatoms. The number of amides is 1. The Labute approximate surface area is 170 Å². The first kappa shape index (κ1) is 20.3. The fourth-order valence-electron chi connectivity index (χ4n) is 2.72. The molecule has 1 aromatic heterocycles. The highest BCUT2D eigenvalue weighted by Crippen LogP contribution is 2.45. The SMILES string of the molecule is COc1ccc(-c2ccc(/C=N\NC(=O)CC3(C)SCCS3)o2)c([N+](=O)[O-])c1. The molecule has 0 aliphatic carbocycles. The third-order valence-corrected chi connectivity index (χ3v) is 7.35. The van der Waals surface area contributed by atoms with Crippen LogP contribution in [0.4, 0.5) is 5.69 Å². The van der Waals surface area contributed by atoms with Gasteiger partial charge in [0.05, 0.1) is 40.4 Å². The van der Waals surface area contributed by atoms with Crippen molar-refractivity contribution in [3.63, 3.8) is 0 Å². The van der Waals surface area contributed by atoms with Gasteiger partial charge in [-0.15, -0.1) is 23.5 Å². The molecule has 0 spiro atoms. The number of hydrogen-bond acceptors (Lipinski definition) is 8. The summed E-state index contributed by atoms with van der Waals surface area (Å²) in [6.45, 7) is 2.05. The predicted octanol–water partition coefficient (Wildman–Crippen LogP) is 3.90. The van der Waals surface area contributed by atoms with Crippen molar-refractivity contribution in [2.45, 2.75) is 17.4 Å². The summed E-state index contributed by atoms with van der Waals surface area (Å²) in [5.74, 6) is 3.01. The molecule has 1 fully saturated rings. The molecule has 148 valence electrons. The number of hydrazone groups is 1. The highest BCUT2D eigenvalue weighted by atomic mass is 32.2. The van der Waals surface area contributed by atoms with Gasteiger partial charge in [0.15, 0.2) is 0 Å². The zero-order chi connectivity index (χ0) is 20.1. The minimum Gasteiger partial charge on any atom is -0.497 e. The molecule has 1 saturated heterocycles. The number of rotatable bonds is 7. The fraction of sp³-hybridized carbons (Fsp3) is 0.333. The molecule has 0 unspecified atom stereocenters. The van der Waals surface area contributed by atoms with E-state index >= 15 is 0 Å². The van der Waals surface area contributed by atoms with E-state index in [1.165, 1.54) is 19.4 Å². The highest BCUT2D eigenvalue weighted by Gasteiger charge is 2.32. The number of furan rings is 1. The minimum absolute atomic E-state index is 0.106. The lowest BCUT2D eigenvalue weighted by Crippen LogP contribution is -2.26. The maximum atomic E-state index is 12.0. The zero-order valence-electron chi connectivity index (χ0n) is 15.3. The normalized spacial score (nSPS) is 15.6. The molecule has 1 N–H and O–H groups in total. The second-order valence-corrected chi connectivity index (χ2v) is 9.60. The molecule has 3 rings (SSSR count). The van der Waals surface area contributed by atoms with E-state index in [0.717, 1.165) is 11.5 Å². The second kappa shape index (κ2) is 8.70. The fourth-order valence-corrected chi connectivity index (χ4v) is 5.55. The van der Waals surface area contributed by atoms with Crippen molar-refractivity contribution in [2.75, 3.05) is 18.6 Å². The van der Waals surface area contributed by atoms with Crippen molar-refractivity contribution in [3.05, 3.63) is 46.2 Å². The average Bonchev–Trinajstić information content (AvgIpc) is 3.30. The van der Waals surface area contributed by atoms with Crippen molar-refractivity contribution in [2.24, 2.45) is 5.10 Å². The molecule has 1 amide bonds. The van der Waals surface area contributed by atoms with Crippen LogP contribution < -0.4 is 10.2 Å². The van der Waals surface area contributed by atoms with Crippen molar-refractivity contribution < 1.29 is 18.9 Å².